The second-order valence-electron chi connectivity index (χ2n) is 7.97. The number of carbonyl (C=O) groups is 2. The fourth-order valence-corrected chi connectivity index (χ4v) is 4.13. The number of nitriles is 1. The van der Waals surface area contributed by atoms with Gasteiger partial charge in [0.1, 0.15) is 24.2 Å². The zero-order chi connectivity index (χ0) is 22.7. The van der Waals surface area contributed by atoms with Crippen LogP contribution >= 0.6 is 0 Å². The van der Waals surface area contributed by atoms with Crippen molar-refractivity contribution in [1.82, 2.24) is 9.80 Å². The highest BCUT2D eigenvalue weighted by Crippen LogP contribution is 2.24. The van der Waals surface area contributed by atoms with Crippen LogP contribution < -0.4 is 4.74 Å². The molecule has 0 unspecified atom stereocenters. The van der Waals surface area contributed by atoms with Crippen LogP contribution in [0.1, 0.15) is 32.6 Å². The number of esters is 1. The number of benzene rings is 2. The highest BCUT2D eigenvalue weighted by molar-refractivity contribution is 5.93. The number of piperazine rings is 1. The molecule has 2 heterocycles. The molecular weight excluding hydrogens is 413 g/mol. The van der Waals surface area contributed by atoms with Gasteiger partial charge in [-0.3, -0.25) is 9.69 Å². The molecule has 166 valence electrons. The molecule has 1 saturated heterocycles. The van der Waals surface area contributed by atoms with Crippen molar-refractivity contribution in [1.29, 1.82) is 5.26 Å². The molecule has 0 N–H and O–H groups in total. The third-order valence-corrected chi connectivity index (χ3v) is 6.02. The minimum absolute atomic E-state index is 0.0295. The van der Waals surface area contributed by atoms with Gasteiger partial charge in [0.15, 0.2) is 0 Å². The summed E-state index contributed by atoms with van der Waals surface area (Å²) in [6, 6.07) is 10.1. The normalized spacial score (nSPS) is 15.8. The van der Waals surface area contributed by atoms with Crippen LogP contribution in [-0.4, -0.2) is 61.5 Å². The number of hydrogen-bond donors (Lipinski definition) is 0. The Morgan fingerprint density at radius 3 is 2.72 bits per heavy atom. The van der Waals surface area contributed by atoms with Crippen molar-refractivity contribution < 1.29 is 23.5 Å². The van der Waals surface area contributed by atoms with Crippen molar-refractivity contribution >= 4 is 11.9 Å². The van der Waals surface area contributed by atoms with Crippen LogP contribution in [0.15, 0.2) is 30.3 Å². The van der Waals surface area contributed by atoms with Crippen LogP contribution in [0, 0.1) is 17.1 Å². The Kier molecular flexibility index (Phi) is 6.37. The molecule has 2 aromatic rings. The standard InChI is InChI=1S/C24H24FN3O4/c1-31-22-12-18(14-26)21(25)11-17(22)13-23(29)28-8-6-27(7-9-28)5-4-16-2-3-20-19(10-16)15-32-24(20)30/h2-3,10-12H,4-9,13,15H2,1H3. The molecule has 0 radical (unpaired) electrons. The Morgan fingerprint density at radius 2 is 2.00 bits per heavy atom. The number of amides is 1. The van der Waals surface area contributed by atoms with Gasteiger partial charge in [0.25, 0.3) is 0 Å². The van der Waals surface area contributed by atoms with Crippen LogP contribution in [-0.2, 0) is 29.0 Å². The molecule has 8 heteroatoms. The van der Waals surface area contributed by atoms with Gasteiger partial charge in [0.05, 0.1) is 24.7 Å². The second-order valence-corrected chi connectivity index (χ2v) is 7.97. The van der Waals surface area contributed by atoms with Gasteiger partial charge in [-0.2, -0.15) is 5.26 Å². The molecular formula is C24H24FN3O4. The minimum atomic E-state index is -0.650. The predicted octanol–water partition coefficient (Wildman–Crippen LogP) is 2.31. The van der Waals surface area contributed by atoms with Crippen LogP contribution in [0.2, 0.25) is 0 Å². The first kappa shape index (κ1) is 21.8. The molecule has 2 aliphatic heterocycles. The monoisotopic (exact) mass is 437 g/mol. The Bertz CT molecular complexity index is 1090. The number of methoxy groups -OCH3 is 1. The summed E-state index contributed by atoms with van der Waals surface area (Å²) >= 11 is 0. The maximum absolute atomic E-state index is 14.0. The van der Waals surface area contributed by atoms with Crippen LogP contribution in [0.3, 0.4) is 0 Å². The van der Waals surface area contributed by atoms with Gasteiger partial charge < -0.3 is 14.4 Å². The number of fused-ring (bicyclic) bond motifs is 1. The summed E-state index contributed by atoms with van der Waals surface area (Å²) in [6.45, 7) is 3.94. The highest BCUT2D eigenvalue weighted by atomic mass is 19.1. The van der Waals surface area contributed by atoms with E-state index in [-0.39, 0.29) is 23.9 Å². The lowest BCUT2D eigenvalue weighted by Gasteiger charge is -2.35. The van der Waals surface area contributed by atoms with Gasteiger partial charge in [-0.15, -0.1) is 0 Å². The average Bonchev–Trinajstić information content (AvgIpc) is 3.18. The summed E-state index contributed by atoms with van der Waals surface area (Å²) < 4.78 is 24.3. The number of rotatable bonds is 6. The van der Waals surface area contributed by atoms with Crippen LogP contribution in [0.25, 0.3) is 0 Å². The van der Waals surface area contributed by atoms with Crippen molar-refractivity contribution in [3.63, 3.8) is 0 Å². The molecule has 0 bridgehead atoms. The van der Waals surface area contributed by atoms with Gasteiger partial charge in [-0.25, -0.2) is 9.18 Å². The lowest BCUT2D eigenvalue weighted by Crippen LogP contribution is -2.49. The summed E-state index contributed by atoms with van der Waals surface area (Å²) in [4.78, 5) is 28.4. The van der Waals surface area contributed by atoms with E-state index in [1.54, 1.807) is 11.0 Å². The van der Waals surface area contributed by atoms with Crippen LogP contribution in [0.4, 0.5) is 4.39 Å². The summed E-state index contributed by atoms with van der Waals surface area (Å²) in [5, 5.41) is 8.96. The summed E-state index contributed by atoms with van der Waals surface area (Å²) in [6.07, 6.45) is 0.888. The van der Waals surface area contributed by atoms with Gasteiger partial charge in [-0.1, -0.05) is 12.1 Å². The molecule has 0 aromatic heterocycles. The Balaban J connectivity index is 1.28. The topological polar surface area (TPSA) is 82.9 Å². The molecule has 32 heavy (non-hydrogen) atoms. The Hall–Kier alpha value is -3.44. The zero-order valence-corrected chi connectivity index (χ0v) is 17.9. The highest BCUT2D eigenvalue weighted by Gasteiger charge is 2.24. The summed E-state index contributed by atoms with van der Waals surface area (Å²) in [5.41, 5.74) is 3.09. The maximum Gasteiger partial charge on any atom is 0.338 e. The smallest absolute Gasteiger partial charge is 0.338 e. The summed E-state index contributed by atoms with van der Waals surface area (Å²) in [7, 11) is 1.44. The van der Waals surface area contributed by atoms with Gasteiger partial charge >= 0.3 is 5.97 Å². The van der Waals surface area contributed by atoms with Crippen molar-refractivity contribution in [2.24, 2.45) is 0 Å². The van der Waals surface area contributed by atoms with E-state index in [2.05, 4.69) is 4.90 Å². The molecule has 4 rings (SSSR count). The van der Waals surface area contributed by atoms with Gasteiger partial charge in [-0.05, 0) is 24.1 Å². The average molecular weight is 437 g/mol. The van der Waals surface area contributed by atoms with E-state index in [0.717, 1.165) is 37.2 Å². The molecule has 2 aliphatic rings. The van der Waals surface area contributed by atoms with E-state index < -0.39 is 5.82 Å². The first-order valence-corrected chi connectivity index (χ1v) is 10.5. The first-order valence-electron chi connectivity index (χ1n) is 10.5. The van der Waals surface area contributed by atoms with E-state index in [1.807, 2.05) is 18.2 Å². The largest absolute Gasteiger partial charge is 0.496 e. The fourth-order valence-electron chi connectivity index (χ4n) is 4.13. The van der Waals surface area contributed by atoms with Crippen molar-refractivity contribution in [3.05, 3.63) is 64.0 Å². The molecule has 7 nitrogen and oxygen atoms in total. The number of cyclic esters (lactones) is 1. The molecule has 0 saturated carbocycles. The van der Waals surface area contributed by atoms with E-state index in [9.17, 15) is 14.0 Å². The minimum Gasteiger partial charge on any atom is -0.496 e. The van der Waals surface area contributed by atoms with Crippen LogP contribution in [0.5, 0.6) is 5.75 Å². The molecule has 0 atom stereocenters. The zero-order valence-electron chi connectivity index (χ0n) is 17.9. The molecule has 2 aromatic carbocycles. The Labute approximate surface area is 185 Å². The number of ether oxygens (including phenoxy) is 2. The second kappa shape index (κ2) is 9.37. The van der Waals surface area contributed by atoms with Crippen molar-refractivity contribution in [2.45, 2.75) is 19.4 Å². The third-order valence-electron chi connectivity index (χ3n) is 6.02. The van der Waals surface area contributed by atoms with E-state index in [4.69, 9.17) is 14.7 Å². The van der Waals surface area contributed by atoms with Gasteiger partial charge in [0, 0.05) is 49.9 Å². The molecule has 1 amide bonds. The SMILES string of the molecule is COc1cc(C#N)c(F)cc1CC(=O)N1CCN(CCc2ccc3c(c2)COC3=O)CC1. The predicted molar refractivity (Wildman–Crippen MR) is 114 cm³/mol. The van der Waals surface area contributed by atoms with Gasteiger partial charge in [0.2, 0.25) is 5.91 Å². The first-order chi connectivity index (χ1) is 15.5. The molecule has 1 fully saturated rings. The quantitative estimate of drug-likeness (QED) is 0.645. The third kappa shape index (κ3) is 4.58. The van der Waals surface area contributed by atoms with E-state index in [1.165, 1.54) is 19.2 Å². The maximum atomic E-state index is 14.0. The number of carbonyl (C=O) groups excluding carboxylic acids is 2. The lowest BCUT2D eigenvalue weighted by atomic mass is 10.0. The van der Waals surface area contributed by atoms with E-state index in [0.29, 0.717) is 36.6 Å². The van der Waals surface area contributed by atoms with Crippen molar-refractivity contribution in [2.75, 3.05) is 39.8 Å². The van der Waals surface area contributed by atoms with Crippen molar-refractivity contribution in [3.8, 4) is 11.8 Å². The molecule has 0 spiro atoms. The number of halogens is 1. The Morgan fingerprint density at radius 1 is 1.22 bits per heavy atom. The van der Waals surface area contributed by atoms with E-state index >= 15 is 0 Å². The lowest BCUT2D eigenvalue weighted by molar-refractivity contribution is -0.132. The summed E-state index contributed by atoms with van der Waals surface area (Å²) in [5.74, 6) is -0.649. The molecule has 0 aliphatic carbocycles. The number of nitrogens with zero attached hydrogens (tertiary/aromatic N) is 3. The fraction of sp³-hybridized carbons (Fsp3) is 0.375. The number of hydrogen-bond acceptors (Lipinski definition) is 6.